The predicted octanol–water partition coefficient (Wildman–Crippen LogP) is 7.49. The SMILES string of the molecule is CC/C=C\C/C=C\C/C=C\CCCCCCCC(=O)O[C@H](COC(=O)CCCCCCC/C=C\CC1OC1CCCCC)COP(=O)(O)O[C@H]1C(O)C(O)C(O)[C@@H](OP(=O)(O)O)C1O. The number of carbonyl (C=O) groups is 2. The summed E-state index contributed by atoms with van der Waals surface area (Å²) >= 11 is 0. The zero-order valence-corrected chi connectivity index (χ0v) is 39.7. The maximum Gasteiger partial charge on any atom is 0.472 e. The van der Waals surface area contributed by atoms with Gasteiger partial charge in [0, 0.05) is 12.8 Å². The summed E-state index contributed by atoms with van der Waals surface area (Å²) in [4.78, 5) is 54.3. The molecule has 0 amide bonds. The summed E-state index contributed by atoms with van der Waals surface area (Å²) in [6.45, 7) is 2.93. The Morgan fingerprint density at radius 2 is 1.14 bits per heavy atom. The van der Waals surface area contributed by atoms with Gasteiger partial charge in [-0.3, -0.25) is 23.2 Å². The third-order valence-corrected chi connectivity index (χ3v) is 12.3. The molecule has 1 saturated carbocycles. The molecule has 7 unspecified atom stereocenters. The van der Waals surface area contributed by atoms with Crippen molar-refractivity contribution in [1.29, 1.82) is 0 Å². The van der Waals surface area contributed by atoms with Crippen LogP contribution in [0.25, 0.3) is 0 Å². The monoisotopic (exact) mass is 952 g/mol. The largest absolute Gasteiger partial charge is 0.472 e. The van der Waals surface area contributed by atoms with Crippen LogP contribution in [-0.2, 0) is 46.5 Å². The van der Waals surface area contributed by atoms with Crippen molar-refractivity contribution >= 4 is 27.6 Å². The number of esters is 2. The number of epoxide rings is 1. The van der Waals surface area contributed by atoms with Crippen LogP contribution in [-0.4, -0.2) is 115 Å². The molecule has 1 saturated heterocycles. The van der Waals surface area contributed by atoms with Crippen molar-refractivity contribution in [2.75, 3.05) is 13.2 Å². The zero-order valence-electron chi connectivity index (χ0n) is 37.9. The second-order valence-corrected chi connectivity index (χ2v) is 19.1. The van der Waals surface area contributed by atoms with Gasteiger partial charge < -0.3 is 49.3 Å². The quantitative estimate of drug-likeness (QED) is 0.0104. The summed E-state index contributed by atoms with van der Waals surface area (Å²) in [5.74, 6) is -1.25. The third-order valence-electron chi connectivity index (χ3n) is 10.8. The molecule has 10 atom stereocenters. The molecule has 64 heavy (non-hydrogen) atoms. The van der Waals surface area contributed by atoms with Gasteiger partial charge in [-0.25, -0.2) is 9.13 Å². The highest BCUT2D eigenvalue weighted by Gasteiger charge is 2.54. The van der Waals surface area contributed by atoms with E-state index < -0.39 is 83.5 Å². The van der Waals surface area contributed by atoms with Crippen LogP contribution in [0.4, 0.5) is 0 Å². The van der Waals surface area contributed by atoms with Gasteiger partial charge in [0.25, 0.3) is 0 Å². The van der Waals surface area contributed by atoms with E-state index in [1.54, 1.807) is 0 Å². The average molecular weight is 953 g/mol. The van der Waals surface area contributed by atoms with E-state index in [0.717, 1.165) is 96.3 Å². The number of phosphoric acid groups is 2. The fourth-order valence-electron chi connectivity index (χ4n) is 7.10. The van der Waals surface area contributed by atoms with E-state index in [0.29, 0.717) is 25.0 Å². The second kappa shape index (κ2) is 33.4. The van der Waals surface area contributed by atoms with Crippen LogP contribution in [0.5, 0.6) is 0 Å². The van der Waals surface area contributed by atoms with Crippen LogP contribution in [0, 0.1) is 0 Å². The summed E-state index contributed by atoms with van der Waals surface area (Å²) in [5.41, 5.74) is 0. The number of rotatable bonds is 37. The number of phosphoric ester groups is 2. The second-order valence-electron chi connectivity index (χ2n) is 16.5. The third kappa shape index (κ3) is 26.9. The minimum absolute atomic E-state index is 0.0172. The van der Waals surface area contributed by atoms with Crippen molar-refractivity contribution in [3.63, 3.8) is 0 Å². The van der Waals surface area contributed by atoms with Crippen LogP contribution in [0.15, 0.2) is 48.6 Å². The van der Waals surface area contributed by atoms with Crippen molar-refractivity contribution in [2.45, 2.75) is 210 Å². The van der Waals surface area contributed by atoms with Crippen molar-refractivity contribution in [3.8, 4) is 0 Å². The molecule has 0 aromatic carbocycles. The molecule has 2 fully saturated rings. The number of hydrogen-bond donors (Lipinski definition) is 7. The van der Waals surface area contributed by atoms with Crippen molar-refractivity contribution in [2.24, 2.45) is 0 Å². The first-order valence-electron chi connectivity index (χ1n) is 23.3. The van der Waals surface area contributed by atoms with Gasteiger partial charge in [-0.1, -0.05) is 120 Å². The Morgan fingerprint density at radius 3 is 1.75 bits per heavy atom. The predicted molar refractivity (Wildman–Crippen MR) is 241 cm³/mol. The Labute approximate surface area is 380 Å². The Hall–Kier alpha value is -2.08. The molecule has 1 aliphatic heterocycles. The molecular weight excluding hydrogens is 874 g/mol. The molecule has 0 aromatic rings. The molecule has 0 radical (unpaired) electrons. The van der Waals surface area contributed by atoms with E-state index in [1.165, 1.54) is 19.3 Å². The molecule has 370 valence electrons. The number of ether oxygens (including phenoxy) is 3. The van der Waals surface area contributed by atoms with Gasteiger partial charge in [0.2, 0.25) is 0 Å². The fourth-order valence-corrected chi connectivity index (χ4v) is 8.64. The lowest BCUT2D eigenvalue weighted by atomic mass is 9.85. The summed E-state index contributed by atoms with van der Waals surface area (Å²) in [6, 6.07) is 0. The summed E-state index contributed by atoms with van der Waals surface area (Å²) < 4.78 is 55.1. The molecule has 1 aliphatic carbocycles. The first-order chi connectivity index (χ1) is 30.6. The first-order valence-corrected chi connectivity index (χ1v) is 26.3. The average Bonchev–Trinajstić information content (AvgIpc) is 4.00. The topological polar surface area (TPSA) is 269 Å². The first kappa shape index (κ1) is 58.0. The molecule has 0 aromatic heterocycles. The van der Waals surface area contributed by atoms with Gasteiger partial charge in [-0.2, -0.15) is 0 Å². The Kier molecular flexibility index (Phi) is 30.3. The van der Waals surface area contributed by atoms with Crippen LogP contribution >= 0.6 is 15.6 Å². The van der Waals surface area contributed by atoms with Gasteiger partial charge >= 0.3 is 27.6 Å². The molecule has 0 spiro atoms. The molecule has 2 aliphatic rings. The van der Waals surface area contributed by atoms with Crippen molar-refractivity contribution in [3.05, 3.63) is 48.6 Å². The van der Waals surface area contributed by atoms with Gasteiger partial charge in [-0.15, -0.1) is 0 Å². The van der Waals surface area contributed by atoms with Crippen LogP contribution in [0.2, 0.25) is 0 Å². The molecular formula is C45H78O17P2. The van der Waals surface area contributed by atoms with Crippen molar-refractivity contribution in [1.82, 2.24) is 0 Å². The molecule has 7 N–H and O–H groups in total. The van der Waals surface area contributed by atoms with E-state index >= 15 is 0 Å². The summed E-state index contributed by atoms with van der Waals surface area (Å²) in [5, 5.41) is 41.2. The van der Waals surface area contributed by atoms with Crippen LogP contribution < -0.4 is 0 Å². The van der Waals surface area contributed by atoms with Gasteiger partial charge in [-0.05, 0) is 70.6 Å². The highest BCUT2D eigenvalue weighted by molar-refractivity contribution is 7.47. The molecule has 0 bridgehead atoms. The molecule has 17 nitrogen and oxygen atoms in total. The van der Waals surface area contributed by atoms with Crippen LogP contribution in [0.1, 0.15) is 155 Å². The standard InChI is InChI=1S/C45H78O17P2/c1-3-5-7-8-9-10-11-12-13-14-15-16-21-24-28-32-39(47)59-35(34-58-64(55,56)62-45-42(50)40(48)41(49)44(43(45)51)61-63(52,53)54)33-57-38(46)31-27-23-20-18-17-19-22-26-30-37-36(60-37)29-25-6-4-2/h5,7,9-10,12-13,22,26,35-37,40-45,48-51H,3-4,6,8,11,14-21,23-25,27-34H2,1-2H3,(H,55,56)(H2,52,53,54)/b7-5-,10-9-,13-12-,26-22-/t35-,36?,37?,40?,41?,42?,43?,44-,45+/m1/s1. The van der Waals surface area contributed by atoms with E-state index in [9.17, 15) is 44.0 Å². The van der Waals surface area contributed by atoms with E-state index in [-0.39, 0.29) is 12.8 Å². The van der Waals surface area contributed by atoms with E-state index in [4.69, 9.17) is 33.0 Å². The zero-order chi connectivity index (χ0) is 47.2. The van der Waals surface area contributed by atoms with Crippen molar-refractivity contribution < 1.29 is 81.6 Å². The number of allylic oxidation sites excluding steroid dienone is 7. The minimum Gasteiger partial charge on any atom is -0.462 e. The molecule has 19 heteroatoms. The van der Waals surface area contributed by atoms with Gasteiger partial charge in [0.15, 0.2) is 6.10 Å². The number of aliphatic hydroxyl groups excluding tert-OH is 4. The van der Waals surface area contributed by atoms with Gasteiger partial charge in [0.05, 0.1) is 18.8 Å². The lowest BCUT2D eigenvalue weighted by Gasteiger charge is -2.43. The Morgan fingerprint density at radius 1 is 0.594 bits per heavy atom. The lowest BCUT2D eigenvalue weighted by molar-refractivity contribution is -0.216. The number of carbonyl (C=O) groups excluding carboxylic acids is 2. The number of hydrogen-bond acceptors (Lipinski definition) is 14. The highest BCUT2D eigenvalue weighted by atomic mass is 31.2. The minimum atomic E-state index is -5.37. The fraction of sp³-hybridized carbons (Fsp3) is 0.778. The maximum atomic E-state index is 13.0. The number of aliphatic hydroxyl groups is 4. The Balaban J connectivity index is 1.80. The smallest absolute Gasteiger partial charge is 0.462 e. The van der Waals surface area contributed by atoms with Crippen LogP contribution in [0.3, 0.4) is 0 Å². The lowest BCUT2D eigenvalue weighted by Crippen LogP contribution is -2.64. The summed E-state index contributed by atoms with van der Waals surface area (Å²) in [6.07, 6.45) is 22.4. The molecule has 1 heterocycles. The number of unbranched alkanes of at least 4 members (excludes halogenated alkanes) is 12. The maximum absolute atomic E-state index is 13.0. The van der Waals surface area contributed by atoms with E-state index in [1.807, 2.05) is 0 Å². The Bertz CT molecular complexity index is 1500. The normalized spacial score (nSPS) is 25.4. The van der Waals surface area contributed by atoms with Gasteiger partial charge in [0.1, 0.15) is 43.2 Å². The van der Waals surface area contributed by atoms with E-state index in [2.05, 4.69) is 67.0 Å². The molecule has 2 rings (SSSR count). The highest BCUT2D eigenvalue weighted by Crippen LogP contribution is 2.49. The summed E-state index contributed by atoms with van der Waals surface area (Å²) in [7, 11) is -10.7.